The predicted molar refractivity (Wildman–Crippen MR) is 59.3 cm³/mol. The molecule has 0 amide bonds. The summed E-state index contributed by atoms with van der Waals surface area (Å²) in [4.78, 5) is 0. The molecule has 1 rings (SSSR count). The molecule has 3 nitrogen and oxygen atoms in total. The predicted octanol–water partition coefficient (Wildman–Crippen LogP) is 1.27. The van der Waals surface area contributed by atoms with Crippen molar-refractivity contribution in [2.75, 3.05) is 19.6 Å². The summed E-state index contributed by atoms with van der Waals surface area (Å²) in [6.07, 6.45) is 3.15. The Morgan fingerprint density at radius 1 is 1.29 bits per heavy atom. The van der Waals surface area contributed by atoms with Crippen LogP contribution < -0.4 is 11.1 Å². The molecule has 0 spiro atoms. The first-order chi connectivity index (χ1) is 6.47. The zero-order valence-electron chi connectivity index (χ0n) is 9.73. The summed E-state index contributed by atoms with van der Waals surface area (Å²) >= 11 is 0. The van der Waals surface area contributed by atoms with Crippen LogP contribution in [0.2, 0.25) is 0 Å². The maximum Gasteiger partial charge on any atom is 0.0725 e. The molecule has 0 atom stereocenters. The zero-order valence-corrected chi connectivity index (χ0v) is 9.73. The number of nitrogens with two attached hydrogens (primary N) is 1. The summed E-state index contributed by atoms with van der Waals surface area (Å²) in [5, 5.41) is 3.36. The van der Waals surface area contributed by atoms with E-state index in [0.29, 0.717) is 0 Å². The van der Waals surface area contributed by atoms with E-state index in [1.807, 2.05) is 0 Å². The van der Waals surface area contributed by atoms with E-state index in [9.17, 15) is 0 Å². The molecule has 1 aliphatic heterocycles. The van der Waals surface area contributed by atoms with Crippen molar-refractivity contribution in [3.8, 4) is 0 Å². The molecule has 0 bridgehead atoms. The van der Waals surface area contributed by atoms with Gasteiger partial charge in [0.2, 0.25) is 0 Å². The largest absolute Gasteiger partial charge is 0.369 e. The van der Waals surface area contributed by atoms with Gasteiger partial charge in [0.1, 0.15) is 0 Å². The van der Waals surface area contributed by atoms with Crippen LogP contribution in [0.3, 0.4) is 0 Å². The van der Waals surface area contributed by atoms with E-state index in [0.717, 1.165) is 38.9 Å². The van der Waals surface area contributed by atoms with Gasteiger partial charge in [-0.25, -0.2) is 0 Å². The van der Waals surface area contributed by atoms with Gasteiger partial charge in [0.05, 0.1) is 11.2 Å². The lowest BCUT2D eigenvalue weighted by molar-refractivity contribution is -0.147. The van der Waals surface area contributed by atoms with E-state index >= 15 is 0 Å². The molecule has 0 aromatic carbocycles. The Balaban J connectivity index is 2.60. The van der Waals surface area contributed by atoms with Crippen LogP contribution in [0.25, 0.3) is 0 Å². The second-order valence-electron chi connectivity index (χ2n) is 5.19. The smallest absolute Gasteiger partial charge is 0.0725 e. The molecule has 1 fully saturated rings. The van der Waals surface area contributed by atoms with Crippen LogP contribution in [0.5, 0.6) is 0 Å². The van der Waals surface area contributed by atoms with Crippen LogP contribution in [-0.4, -0.2) is 30.8 Å². The minimum Gasteiger partial charge on any atom is -0.369 e. The van der Waals surface area contributed by atoms with Crippen molar-refractivity contribution in [2.45, 2.75) is 51.2 Å². The third-order valence-electron chi connectivity index (χ3n) is 2.64. The van der Waals surface area contributed by atoms with Crippen molar-refractivity contribution >= 4 is 0 Å². The van der Waals surface area contributed by atoms with E-state index in [1.165, 1.54) is 0 Å². The van der Waals surface area contributed by atoms with Crippen LogP contribution in [0.1, 0.15) is 40.0 Å². The topological polar surface area (TPSA) is 47.3 Å². The molecule has 0 aromatic heterocycles. The van der Waals surface area contributed by atoms with E-state index in [4.69, 9.17) is 10.5 Å². The summed E-state index contributed by atoms with van der Waals surface area (Å²) in [5.74, 6) is 0. The van der Waals surface area contributed by atoms with Gasteiger partial charge in [-0.15, -0.1) is 0 Å². The quantitative estimate of drug-likeness (QED) is 0.721. The first-order valence-corrected chi connectivity index (χ1v) is 5.58. The summed E-state index contributed by atoms with van der Waals surface area (Å²) < 4.78 is 6.19. The Kier molecular flexibility index (Phi) is 3.93. The lowest BCUT2D eigenvalue weighted by Crippen LogP contribution is -2.48. The molecule has 0 saturated carbocycles. The standard InChI is InChI=1S/C11H24N2O/c1-10(2,3)14-11(4-7-12)5-8-13-9-6-11/h13H,4-9,12H2,1-3H3. The van der Waals surface area contributed by atoms with E-state index in [2.05, 4.69) is 26.1 Å². The van der Waals surface area contributed by atoms with E-state index < -0.39 is 0 Å². The highest BCUT2D eigenvalue weighted by atomic mass is 16.5. The number of ether oxygens (including phenoxy) is 1. The first-order valence-electron chi connectivity index (χ1n) is 5.58. The summed E-state index contributed by atoms with van der Waals surface area (Å²) in [6.45, 7) is 9.18. The highest BCUT2D eigenvalue weighted by Crippen LogP contribution is 2.31. The molecular weight excluding hydrogens is 176 g/mol. The van der Waals surface area contributed by atoms with E-state index in [1.54, 1.807) is 0 Å². The van der Waals surface area contributed by atoms with Crippen molar-refractivity contribution in [1.29, 1.82) is 0 Å². The molecule has 0 aliphatic carbocycles. The minimum atomic E-state index is -0.0630. The third kappa shape index (κ3) is 3.56. The van der Waals surface area contributed by atoms with E-state index in [-0.39, 0.29) is 11.2 Å². The van der Waals surface area contributed by atoms with Gasteiger partial charge in [0.25, 0.3) is 0 Å². The molecule has 0 unspecified atom stereocenters. The average molecular weight is 200 g/mol. The Hall–Kier alpha value is -0.120. The Morgan fingerprint density at radius 2 is 1.86 bits per heavy atom. The molecular formula is C11H24N2O. The summed E-state index contributed by atoms with van der Waals surface area (Å²) in [7, 11) is 0. The number of hydrogen-bond donors (Lipinski definition) is 2. The normalized spacial score (nSPS) is 22.3. The highest BCUT2D eigenvalue weighted by Gasteiger charge is 2.35. The maximum absolute atomic E-state index is 6.19. The van der Waals surface area contributed by atoms with Crippen molar-refractivity contribution < 1.29 is 4.74 Å². The minimum absolute atomic E-state index is 0.0260. The molecule has 84 valence electrons. The van der Waals surface area contributed by atoms with Gasteiger partial charge in [-0.3, -0.25) is 0 Å². The second-order valence-corrected chi connectivity index (χ2v) is 5.19. The Morgan fingerprint density at radius 3 is 2.29 bits per heavy atom. The van der Waals surface area contributed by atoms with Crippen LogP contribution in [-0.2, 0) is 4.74 Å². The first kappa shape index (κ1) is 12.0. The van der Waals surface area contributed by atoms with Gasteiger partial charge in [0.15, 0.2) is 0 Å². The van der Waals surface area contributed by atoms with Crippen molar-refractivity contribution in [3.63, 3.8) is 0 Å². The molecule has 1 saturated heterocycles. The SMILES string of the molecule is CC(C)(C)OC1(CCN)CCNCC1. The fraction of sp³-hybridized carbons (Fsp3) is 1.00. The molecule has 14 heavy (non-hydrogen) atoms. The lowest BCUT2D eigenvalue weighted by atomic mass is 9.88. The van der Waals surface area contributed by atoms with Gasteiger partial charge in [-0.1, -0.05) is 0 Å². The Labute approximate surface area is 87.4 Å². The summed E-state index contributed by atoms with van der Waals surface area (Å²) in [5.41, 5.74) is 5.63. The zero-order chi connectivity index (χ0) is 10.7. The van der Waals surface area contributed by atoms with Gasteiger partial charge in [0, 0.05) is 0 Å². The molecule has 3 N–H and O–H groups in total. The molecule has 0 aromatic rings. The number of piperidine rings is 1. The molecule has 0 radical (unpaired) electrons. The van der Waals surface area contributed by atoms with Crippen molar-refractivity contribution in [2.24, 2.45) is 5.73 Å². The number of rotatable bonds is 3. The maximum atomic E-state index is 6.19. The third-order valence-corrected chi connectivity index (χ3v) is 2.64. The fourth-order valence-corrected chi connectivity index (χ4v) is 2.20. The molecule has 3 heteroatoms. The lowest BCUT2D eigenvalue weighted by Gasteiger charge is -2.42. The average Bonchev–Trinajstić information content (AvgIpc) is 2.02. The number of hydrogen-bond acceptors (Lipinski definition) is 3. The second kappa shape index (κ2) is 4.60. The number of nitrogens with one attached hydrogen (secondary N) is 1. The van der Waals surface area contributed by atoms with Gasteiger partial charge in [-0.2, -0.15) is 0 Å². The van der Waals surface area contributed by atoms with Crippen LogP contribution in [0.15, 0.2) is 0 Å². The van der Waals surface area contributed by atoms with Gasteiger partial charge < -0.3 is 15.8 Å². The van der Waals surface area contributed by atoms with Gasteiger partial charge in [-0.05, 0) is 59.7 Å². The highest BCUT2D eigenvalue weighted by molar-refractivity contribution is 4.88. The monoisotopic (exact) mass is 200 g/mol. The summed E-state index contributed by atoms with van der Waals surface area (Å²) in [6, 6.07) is 0. The van der Waals surface area contributed by atoms with Crippen LogP contribution >= 0.6 is 0 Å². The molecule has 1 aliphatic rings. The van der Waals surface area contributed by atoms with Gasteiger partial charge >= 0.3 is 0 Å². The van der Waals surface area contributed by atoms with Crippen molar-refractivity contribution in [1.82, 2.24) is 5.32 Å². The Bertz CT molecular complexity index is 163. The fourth-order valence-electron chi connectivity index (χ4n) is 2.20. The van der Waals surface area contributed by atoms with Crippen LogP contribution in [0, 0.1) is 0 Å². The van der Waals surface area contributed by atoms with Crippen LogP contribution in [0.4, 0.5) is 0 Å². The molecule has 1 heterocycles. The van der Waals surface area contributed by atoms with Crippen molar-refractivity contribution in [3.05, 3.63) is 0 Å².